The van der Waals surface area contributed by atoms with Crippen LogP contribution in [-0.4, -0.2) is 35.1 Å². The molecule has 1 aliphatic carbocycles. The maximum Gasteiger partial charge on any atom is 0.304 e. The van der Waals surface area contributed by atoms with E-state index in [1.807, 2.05) is 6.92 Å². The minimum Gasteiger partial charge on any atom is -0.481 e. The average molecular weight is 185 g/mol. The third kappa shape index (κ3) is 3.77. The van der Waals surface area contributed by atoms with E-state index in [0.29, 0.717) is 0 Å². The molecule has 3 nitrogen and oxygen atoms in total. The Labute approximate surface area is 79.7 Å². The van der Waals surface area contributed by atoms with Crippen molar-refractivity contribution in [3.8, 4) is 0 Å². The summed E-state index contributed by atoms with van der Waals surface area (Å²) in [5.41, 5.74) is 0. The quantitative estimate of drug-likeness (QED) is 0.683. The van der Waals surface area contributed by atoms with Gasteiger partial charge in [-0.05, 0) is 32.2 Å². The first-order chi connectivity index (χ1) is 6.13. The maximum absolute atomic E-state index is 10.5. The lowest BCUT2D eigenvalue weighted by Crippen LogP contribution is -2.36. The second-order valence-electron chi connectivity index (χ2n) is 3.98. The van der Waals surface area contributed by atoms with Crippen molar-refractivity contribution in [3.05, 3.63) is 0 Å². The standard InChI is InChI=1S/C10H19NO2/c1-3-11(7-9-4-5-9)8(2)6-10(12)13/h8-9H,3-7H2,1-2H3,(H,12,13). The molecule has 0 aromatic heterocycles. The number of nitrogens with zero attached hydrogens (tertiary/aromatic N) is 1. The Kier molecular flexibility index (Phi) is 3.72. The third-order valence-corrected chi connectivity index (χ3v) is 2.69. The zero-order chi connectivity index (χ0) is 9.84. The molecule has 1 rings (SSSR count). The number of hydrogen-bond acceptors (Lipinski definition) is 2. The Morgan fingerprint density at radius 2 is 2.23 bits per heavy atom. The van der Waals surface area contributed by atoms with Gasteiger partial charge in [0.05, 0.1) is 6.42 Å². The van der Waals surface area contributed by atoms with Crippen LogP contribution in [0.5, 0.6) is 0 Å². The van der Waals surface area contributed by atoms with Crippen LogP contribution in [0, 0.1) is 5.92 Å². The second kappa shape index (κ2) is 4.61. The first-order valence-corrected chi connectivity index (χ1v) is 5.09. The number of hydrogen-bond donors (Lipinski definition) is 1. The first-order valence-electron chi connectivity index (χ1n) is 5.09. The summed E-state index contributed by atoms with van der Waals surface area (Å²) in [6.07, 6.45) is 2.92. The summed E-state index contributed by atoms with van der Waals surface area (Å²) in [6, 6.07) is 0.183. The Balaban J connectivity index is 2.29. The molecule has 0 aliphatic heterocycles. The normalized spacial score (nSPS) is 19.0. The summed E-state index contributed by atoms with van der Waals surface area (Å²) in [4.78, 5) is 12.8. The molecule has 0 radical (unpaired) electrons. The van der Waals surface area contributed by atoms with Gasteiger partial charge < -0.3 is 10.0 Å². The van der Waals surface area contributed by atoms with Crippen LogP contribution < -0.4 is 0 Å². The van der Waals surface area contributed by atoms with E-state index in [1.54, 1.807) is 0 Å². The number of carbonyl (C=O) groups is 1. The summed E-state index contributed by atoms with van der Waals surface area (Å²) in [5.74, 6) is 0.151. The van der Waals surface area contributed by atoms with Crippen molar-refractivity contribution in [3.63, 3.8) is 0 Å². The smallest absolute Gasteiger partial charge is 0.304 e. The van der Waals surface area contributed by atoms with E-state index in [1.165, 1.54) is 12.8 Å². The molecule has 1 fully saturated rings. The molecule has 76 valence electrons. The Bertz CT molecular complexity index is 178. The molecule has 0 saturated heterocycles. The van der Waals surface area contributed by atoms with Gasteiger partial charge in [0.1, 0.15) is 0 Å². The minimum atomic E-state index is -0.693. The number of rotatable bonds is 6. The predicted molar refractivity (Wildman–Crippen MR) is 51.7 cm³/mol. The monoisotopic (exact) mass is 185 g/mol. The van der Waals surface area contributed by atoms with Gasteiger partial charge in [-0.3, -0.25) is 4.79 Å². The van der Waals surface area contributed by atoms with Crippen LogP contribution in [0.4, 0.5) is 0 Å². The largest absolute Gasteiger partial charge is 0.481 e. The van der Waals surface area contributed by atoms with Gasteiger partial charge in [-0.15, -0.1) is 0 Å². The summed E-state index contributed by atoms with van der Waals surface area (Å²) in [5, 5.41) is 8.65. The summed E-state index contributed by atoms with van der Waals surface area (Å²) < 4.78 is 0. The molecule has 0 bridgehead atoms. The Morgan fingerprint density at radius 1 is 1.62 bits per heavy atom. The third-order valence-electron chi connectivity index (χ3n) is 2.69. The predicted octanol–water partition coefficient (Wildman–Crippen LogP) is 1.58. The van der Waals surface area contributed by atoms with Crippen molar-refractivity contribution < 1.29 is 9.90 Å². The van der Waals surface area contributed by atoms with Crippen LogP contribution in [0.1, 0.15) is 33.1 Å². The van der Waals surface area contributed by atoms with Gasteiger partial charge >= 0.3 is 5.97 Å². The molecule has 3 heteroatoms. The highest BCUT2D eigenvalue weighted by atomic mass is 16.4. The highest BCUT2D eigenvalue weighted by molar-refractivity contribution is 5.67. The lowest BCUT2D eigenvalue weighted by atomic mass is 10.2. The van der Waals surface area contributed by atoms with E-state index >= 15 is 0 Å². The highest BCUT2D eigenvalue weighted by Crippen LogP contribution is 2.30. The van der Waals surface area contributed by atoms with Crippen LogP contribution in [0.2, 0.25) is 0 Å². The molecule has 13 heavy (non-hydrogen) atoms. The van der Waals surface area contributed by atoms with E-state index < -0.39 is 5.97 Å². The zero-order valence-corrected chi connectivity index (χ0v) is 8.49. The van der Waals surface area contributed by atoms with E-state index in [9.17, 15) is 4.79 Å². The average Bonchev–Trinajstić information content (AvgIpc) is 2.81. The molecule has 1 saturated carbocycles. The number of aliphatic carboxylic acids is 1. The summed E-state index contributed by atoms with van der Waals surface area (Å²) >= 11 is 0. The van der Waals surface area contributed by atoms with E-state index in [0.717, 1.165) is 19.0 Å². The van der Waals surface area contributed by atoms with Gasteiger partial charge in [0.2, 0.25) is 0 Å². The van der Waals surface area contributed by atoms with Crippen LogP contribution in [0.15, 0.2) is 0 Å². The molecule has 1 N–H and O–H groups in total. The SMILES string of the molecule is CCN(CC1CC1)C(C)CC(=O)O. The fourth-order valence-corrected chi connectivity index (χ4v) is 1.63. The van der Waals surface area contributed by atoms with Crippen LogP contribution >= 0.6 is 0 Å². The lowest BCUT2D eigenvalue weighted by molar-refractivity contribution is -0.138. The number of carboxylic acids is 1. The minimum absolute atomic E-state index is 0.183. The van der Waals surface area contributed by atoms with Crippen LogP contribution in [0.25, 0.3) is 0 Å². The summed E-state index contributed by atoms with van der Waals surface area (Å²) in [7, 11) is 0. The van der Waals surface area contributed by atoms with E-state index in [-0.39, 0.29) is 12.5 Å². The van der Waals surface area contributed by atoms with Gasteiger partial charge in [-0.25, -0.2) is 0 Å². The molecule has 0 spiro atoms. The molecule has 0 amide bonds. The second-order valence-corrected chi connectivity index (χ2v) is 3.98. The molecule has 1 atom stereocenters. The molecule has 1 aliphatic rings. The topological polar surface area (TPSA) is 40.5 Å². The molecular weight excluding hydrogens is 166 g/mol. The van der Waals surface area contributed by atoms with Crippen molar-refractivity contribution in [1.29, 1.82) is 0 Å². The van der Waals surface area contributed by atoms with Crippen molar-refractivity contribution >= 4 is 5.97 Å². The van der Waals surface area contributed by atoms with Crippen LogP contribution in [-0.2, 0) is 4.79 Å². The molecule has 0 aromatic carbocycles. The fraction of sp³-hybridized carbons (Fsp3) is 0.900. The van der Waals surface area contributed by atoms with Gasteiger partial charge in [0, 0.05) is 12.6 Å². The maximum atomic E-state index is 10.5. The number of carboxylic acid groups (broad SMARTS) is 1. The molecule has 0 aromatic rings. The first kappa shape index (κ1) is 10.5. The van der Waals surface area contributed by atoms with Crippen molar-refractivity contribution in [2.75, 3.05) is 13.1 Å². The Morgan fingerprint density at radius 3 is 2.62 bits per heavy atom. The van der Waals surface area contributed by atoms with E-state index in [4.69, 9.17) is 5.11 Å². The van der Waals surface area contributed by atoms with Crippen molar-refractivity contribution in [2.24, 2.45) is 5.92 Å². The fourth-order valence-electron chi connectivity index (χ4n) is 1.63. The van der Waals surface area contributed by atoms with Crippen LogP contribution in [0.3, 0.4) is 0 Å². The van der Waals surface area contributed by atoms with Gasteiger partial charge in [0.25, 0.3) is 0 Å². The van der Waals surface area contributed by atoms with Gasteiger partial charge in [0.15, 0.2) is 0 Å². The van der Waals surface area contributed by atoms with Crippen molar-refractivity contribution in [1.82, 2.24) is 4.90 Å². The van der Waals surface area contributed by atoms with E-state index in [2.05, 4.69) is 11.8 Å². The van der Waals surface area contributed by atoms with Crippen molar-refractivity contribution in [2.45, 2.75) is 39.2 Å². The summed E-state index contributed by atoms with van der Waals surface area (Å²) in [6.45, 7) is 6.15. The van der Waals surface area contributed by atoms with Gasteiger partial charge in [-0.2, -0.15) is 0 Å². The van der Waals surface area contributed by atoms with Gasteiger partial charge in [-0.1, -0.05) is 6.92 Å². The highest BCUT2D eigenvalue weighted by Gasteiger charge is 2.26. The molecule has 1 unspecified atom stereocenters. The lowest BCUT2D eigenvalue weighted by Gasteiger charge is -2.26. The molecular formula is C10H19NO2. The Hall–Kier alpha value is -0.570. The molecule has 0 heterocycles. The zero-order valence-electron chi connectivity index (χ0n) is 8.49.